The fourth-order valence-electron chi connectivity index (χ4n) is 3.45. The van der Waals surface area contributed by atoms with Crippen molar-refractivity contribution in [3.63, 3.8) is 0 Å². The van der Waals surface area contributed by atoms with Crippen molar-refractivity contribution in [3.8, 4) is 0 Å². The number of aliphatic imine (C=N–C) groups is 1. The third-order valence-electron chi connectivity index (χ3n) is 4.95. The van der Waals surface area contributed by atoms with Gasteiger partial charge in [-0.2, -0.15) is 0 Å². The zero-order chi connectivity index (χ0) is 18.7. The molecule has 27 heavy (non-hydrogen) atoms. The van der Waals surface area contributed by atoms with E-state index in [0.717, 1.165) is 39.0 Å². The molecule has 0 spiro atoms. The molecule has 1 unspecified atom stereocenters. The number of fused-ring (bicyclic) bond motifs is 1. The first-order chi connectivity index (χ1) is 12.4. The Morgan fingerprint density at radius 1 is 1.33 bits per heavy atom. The van der Waals surface area contributed by atoms with Crippen LogP contribution in [0.5, 0.6) is 0 Å². The molecular weight excluding hydrogens is 388 g/mol. The van der Waals surface area contributed by atoms with Crippen molar-refractivity contribution in [2.24, 2.45) is 10.9 Å². The molecule has 1 atom stereocenters. The Morgan fingerprint density at radius 2 is 2.00 bits per heavy atom. The summed E-state index contributed by atoms with van der Waals surface area (Å²) >= 11 is 0. The summed E-state index contributed by atoms with van der Waals surface area (Å²) in [7, 11) is -3.58. The lowest BCUT2D eigenvalue weighted by molar-refractivity contribution is -0.133. The molecule has 150 valence electrons. The molecule has 1 amide bonds. The molecule has 2 N–H and O–H groups in total. The van der Waals surface area contributed by atoms with Crippen LogP contribution < -0.4 is 10.0 Å². The van der Waals surface area contributed by atoms with Gasteiger partial charge in [0.05, 0.1) is 4.90 Å². The van der Waals surface area contributed by atoms with Crippen molar-refractivity contribution in [2.45, 2.75) is 37.6 Å². The third-order valence-corrected chi connectivity index (χ3v) is 6.35. The van der Waals surface area contributed by atoms with Crippen molar-refractivity contribution in [1.82, 2.24) is 14.9 Å². The van der Waals surface area contributed by atoms with E-state index in [4.69, 9.17) is 0 Å². The van der Waals surface area contributed by atoms with Crippen molar-refractivity contribution in [1.29, 1.82) is 0 Å². The lowest BCUT2D eigenvalue weighted by Crippen LogP contribution is -2.44. The summed E-state index contributed by atoms with van der Waals surface area (Å²) in [6.07, 6.45) is 1.97. The predicted octanol–water partition coefficient (Wildman–Crippen LogP) is 1.38. The minimum absolute atomic E-state index is 0. The van der Waals surface area contributed by atoms with Crippen LogP contribution in [0.2, 0.25) is 0 Å². The smallest absolute Gasteiger partial charge is 0.263 e. The summed E-state index contributed by atoms with van der Waals surface area (Å²) in [5.41, 5.74) is 0.525. The first-order valence-corrected chi connectivity index (χ1v) is 10.6. The molecular formula is C18H27ClN4O3S. The highest BCUT2D eigenvalue weighted by molar-refractivity contribution is 7.90. The van der Waals surface area contributed by atoms with E-state index in [1.807, 2.05) is 4.90 Å². The van der Waals surface area contributed by atoms with Crippen LogP contribution in [0.15, 0.2) is 34.2 Å². The average Bonchev–Trinajstić information content (AvgIpc) is 2.90. The van der Waals surface area contributed by atoms with Crippen molar-refractivity contribution >= 4 is 34.2 Å². The van der Waals surface area contributed by atoms with Gasteiger partial charge in [0, 0.05) is 18.7 Å². The van der Waals surface area contributed by atoms with Crippen LogP contribution in [0.25, 0.3) is 0 Å². The molecule has 9 heteroatoms. The monoisotopic (exact) mass is 414 g/mol. The van der Waals surface area contributed by atoms with Gasteiger partial charge in [0.2, 0.25) is 5.91 Å². The number of rotatable bonds is 5. The second-order valence-electron chi connectivity index (χ2n) is 6.83. The molecule has 1 fully saturated rings. The molecule has 1 aromatic rings. The van der Waals surface area contributed by atoms with E-state index in [1.54, 1.807) is 31.2 Å². The maximum atomic E-state index is 12.7. The number of nitrogens with one attached hydrogen (secondary N) is 2. The summed E-state index contributed by atoms with van der Waals surface area (Å²) in [5.74, 6) is 0.806. The molecule has 2 aliphatic heterocycles. The highest BCUT2D eigenvalue weighted by atomic mass is 35.5. The van der Waals surface area contributed by atoms with Gasteiger partial charge in [-0.25, -0.2) is 8.42 Å². The second-order valence-corrected chi connectivity index (χ2v) is 8.48. The Kier molecular flexibility index (Phi) is 7.25. The van der Waals surface area contributed by atoms with Gasteiger partial charge in [-0.3, -0.25) is 14.5 Å². The number of piperidine rings is 1. The zero-order valence-corrected chi connectivity index (χ0v) is 17.3. The van der Waals surface area contributed by atoms with E-state index in [9.17, 15) is 13.2 Å². The van der Waals surface area contributed by atoms with Gasteiger partial charge in [-0.1, -0.05) is 19.1 Å². The molecule has 1 aromatic carbocycles. The zero-order valence-electron chi connectivity index (χ0n) is 15.6. The standard InChI is InChI=1S/C18H26N4O3S.ClH/c1-3-19-12-14-8-10-22(11-9-14)18(23)13(2)20-17-15-6-4-5-7-16(15)26(24,25)21-17;/h4-7,13-14,19H,3,8-12H2,1-2H3,(H,20,21);1H. The number of amides is 1. The van der Waals surface area contributed by atoms with Crippen LogP contribution in [0, 0.1) is 5.92 Å². The number of amidine groups is 1. The molecule has 2 aliphatic rings. The van der Waals surface area contributed by atoms with Gasteiger partial charge in [-0.05, 0) is 50.9 Å². The van der Waals surface area contributed by atoms with Gasteiger partial charge in [0.25, 0.3) is 10.0 Å². The SMILES string of the molecule is CCNCC1CCN(C(=O)C(C)N=C2NS(=O)(=O)c3ccccc32)CC1.Cl. The van der Waals surface area contributed by atoms with E-state index in [2.05, 4.69) is 22.0 Å². The van der Waals surface area contributed by atoms with Crippen LogP contribution in [0.1, 0.15) is 32.3 Å². The maximum Gasteiger partial charge on any atom is 0.263 e. The number of carbonyl (C=O) groups excluding carboxylic acids is 1. The highest BCUT2D eigenvalue weighted by Gasteiger charge is 2.32. The first-order valence-electron chi connectivity index (χ1n) is 9.12. The lowest BCUT2D eigenvalue weighted by atomic mass is 9.96. The summed E-state index contributed by atoms with van der Waals surface area (Å²) in [6.45, 7) is 7.23. The summed E-state index contributed by atoms with van der Waals surface area (Å²) in [6, 6.07) is 6.06. The molecule has 2 heterocycles. The van der Waals surface area contributed by atoms with Crippen molar-refractivity contribution in [3.05, 3.63) is 29.8 Å². The third kappa shape index (κ3) is 4.80. The number of sulfonamides is 1. The van der Waals surface area contributed by atoms with Crippen LogP contribution in [-0.2, 0) is 14.8 Å². The van der Waals surface area contributed by atoms with E-state index in [-0.39, 0.29) is 29.0 Å². The topological polar surface area (TPSA) is 90.9 Å². The van der Waals surface area contributed by atoms with Crippen LogP contribution >= 0.6 is 12.4 Å². The minimum atomic E-state index is -3.58. The Hall–Kier alpha value is -1.64. The number of nitrogens with zero attached hydrogens (tertiary/aromatic N) is 2. The van der Waals surface area contributed by atoms with Gasteiger partial charge in [-0.15, -0.1) is 12.4 Å². The summed E-state index contributed by atoms with van der Waals surface area (Å²) < 4.78 is 26.7. The maximum absolute atomic E-state index is 12.7. The molecule has 0 radical (unpaired) electrons. The normalized spacial score (nSPS) is 21.3. The minimum Gasteiger partial charge on any atom is -0.341 e. The van der Waals surface area contributed by atoms with E-state index in [0.29, 0.717) is 11.5 Å². The predicted molar refractivity (Wildman–Crippen MR) is 108 cm³/mol. The van der Waals surface area contributed by atoms with Gasteiger partial charge in [0.15, 0.2) is 0 Å². The number of benzene rings is 1. The summed E-state index contributed by atoms with van der Waals surface area (Å²) in [4.78, 5) is 19.1. The highest BCUT2D eigenvalue weighted by Crippen LogP contribution is 2.23. The Balaban J connectivity index is 0.00000261. The second kappa shape index (κ2) is 9.03. The fourth-order valence-corrected chi connectivity index (χ4v) is 4.69. The quantitative estimate of drug-likeness (QED) is 0.761. The average molecular weight is 415 g/mol. The van der Waals surface area contributed by atoms with E-state index < -0.39 is 16.1 Å². The Morgan fingerprint density at radius 3 is 2.67 bits per heavy atom. The number of likely N-dealkylation sites (tertiary alicyclic amines) is 1. The van der Waals surface area contributed by atoms with E-state index >= 15 is 0 Å². The van der Waals surface area contributed by atoms with Crippen LogP contribution in [0.3, 0.4) is 0 Å². The molecule has 7 nitrogen and oxygen atoms in total. The van der Waals surface area contributed by atoms with Crippen LogP contribution in [0.4, 0.5) is 0 Å². The largest absolute Gasteiger partial charge is 0.341 e. The van der Waals surface area contributed by atoms with Crippen molar-refractivity contribution in [2.75, 3.05) is 26.2 Å². The molecule has 3 rings (SSSR count). The van der Waals surface area contributed by atoms with Crippen LogP contribution in [-0.4, -0.2) is 57.3 Å². The van der Waals surface area contributed by atoms with Gasteiger partial charge in [0.1, 0.15) is 11.9 Å². The first kappa shape index (κ1) is 21.7. The number of hydrogen-bond acceptors (Lipinski definition) is 5. The summed E-state index contributed by atoms with van der Waals surface area (Å²) in [5, 5.41) is 3.36. The molecule has 0 aromatic heterocycles. The van der Waals surface area contributed by atoms with Crippen molar-refractivity contribution < 1.29 is 13.2 Å². The number of halogens is 1. The van der Waals surface area contributed by atoms with Gasteiger partial charge >= 0.3 is 0 Å². The Labute approximate surface area is 167 Å². The molecule has 0 aliphatic carbocycles. The number of carbonyl (C=O) groups is 1. The molecule has 1 saturated heterocycles. The fraction of sp³-hybridized carbons (Fsp3) is 0.556. The van der Waals surface area contributed by atoms with Gasteiger partial charge < -0.3 is 10.2 Å². The lowest BCUT2D eigenvalue weighted by Gasteiger charge is -2.33. The Bertz CT molecular complexity index is 805. The molecule has 0 saturated carbocycles. The van der Waals surface area contributed by atoms with E-state index in [1.165, 1.54) is 0 Å². The molecule has 0 bridgehead atoms. The number of hydrogen-bond donors (Lipinski definition) is 2.